The summed E-state index contributed by atoms with van der Waals surface area (Å²) in [6.07, 6.45) is 1.41. The second-order valence-electron chi connectivity index (χ2n) is 9.50. The molecule has 12 heteroatoms. The van der Waals surface area contributed by atoms with E-state index < -0.39 is 40.1 Å². The van der Waals surface area contributed by atoms with Crippen LogP contribution in [0, 0.1) is 5.92 Å². The number of ether oxygens (including phenoxy) is 1. The molecule has 0 bridgehead atoms. The molecule has 1 heterocycles. The smallest absolute Gasteiger partial charge is 0.253 e. The van der Waals surface area contributed by atoms with E-state index in [9.17, 15) is 19.2 Å². The zero-order chi connectivity index (χ0) is 27.0. The van der Waals surface area contributed by atoms with Gasteiger partial charge in [0.05, 0.1) is 22.6 Å². The monoisotopic (exact) mass is 581 g/mol. The van der Waals surface area contributed by atoms with Gasteiger partial charge in [-0.25, -0.2) is 0 Å². The minimum Gasteiger partial charge on any atom is -0.598 e. The van der Waals surface area contributed by atoms with Gasteiger partial charge in [0, 0.05) is 36.1 Å². The number of likely N-dealkylation sites (tertiary alicyclic amines) is 1. The molecule has 1 aliphatic heterocycles. The van der Waals surface area contributed by atoms with Gasteiger partial charge in [-0.3, -0.25) is 9.59 Å². The van der Waals surface area contributed by atoms with Crippen molar-refractivity contribution >= 4 is 58.0 Å². The number of nitrogens with zero attached hydrogens (tertiary/aromatic N) is 1. The maximum Gasteiger partial charge on any atom is 0.253 e. The summed E-state index contributed by atoms with van der Waals surface area (Å²) >= 11 is 16.6. The lowest BCUT2D eigenvalue weighted by Gasteiger charge is -2.38. The molecule has 2 rings (SSSR count). The summed E-state index contributed by atoms with van der Waals surface area (Å²) in [4.78, 5) is 25.6. The molecule has 3 atom stereocenters. The van der Waals surface area contributed by atoms with Crippen molar-refractivity contribution in [3.63, 3.8) is 0 Å². The van der Waals surface area contributed by atoms with Crippen LogP contribution in [-0.2, 0) is 21.0 Å². The highest BCUT2D eigenvalue weighted by Gasteiger charge is 2.38. The molecule has 0 radical (unpaired) electrons. The van der Waals surface area contributed by atoms with Crippen molar-refractivity contribution in [2.24, 2.45) is 5.92 Å². The van der Waals surface area contributed by atoms with E-state index in [0.717, 1.165) is 5.56 Å². The van der Waals surface area contributed by atoms with Crippen LogP contribution in [0.15, 0.2) is 24.8 Å². The fourth-order valence-electron chi connectivity index (χ4n) is 3.78. The number of amides is 2. The predicted octanol–water partition coefficient (Wildman–Crippen LogP) is 3.61. The van der Waals surface area contributed by atoms with Gasteiger partial charge in [0.25, 0.3) is 5.91 Å². The Morgan fingerprint density at radius 1 is 1.31 bits per heavy atom. The van der Waals surface area contributed by atoms with Crippen molar-refractivity contribution in [1.29, 1.82) is 0 Å². The molecule has 0 aromatic heterocycles. The lowest BCUT2D eigenvalue weighted by atomic mass is 9.85. The Bertz CT molecular complexity index is 923. The Balaban J connectivity index is 2.24. The largest absolute Gasteiger partial charge is 0.598 e. The first-order valence-electron chi connectivity index (χ1n) is 11.6. The van der Waals surface area contributed by atoms with Crippen LogP contribution < -0.4 is 14.8 Å². The van der Waals surface area contributed by atoms with Gasteiger partial charge in [-0.05, 0) is 45.6 Å². The highest BCUT2D eigenvalue weighted by molar-refractivity contribution is 7.90. The van der Waals surface area contributed by atoms with Crippen LogP contribution in [0.4, 0.5) is 0 Å². The molecule has 1 aromatic carbocycles. The third-order valence-corrected chi connectivity index (χ3v) is 8.30. The molecule has 2 amide bonds. The van der Waals surface area contributed by atoms with Gasteiger partial charge in [-0.2, -0.15) is 0 Å². The van der Waals surface area contributed by atoms with E-state index in [1.165, 1.54) is 0 Å². The molecular weight excluding hydrogens is 549 g/mol. The van der Waals surface area contributed by atoms with Crippen LogP contribution >= 0.6 is 34.8 Å². The Morgan fingerprint density at radius 2 is 1.92 bits per heavy atom. The molecule has 1 aromatic rings. The lowest BCUT2D eigenvalue weighted by Crippen LogP contribution is -2.50. The van der Waals surface area contributed by atoms with E-state index in [1.54, 1.807) is 23.1 Å². The van der Waals surface area contributed by atoms with Crippen molar-refractivity contribution in [3.8, 4) is 5.75 Å². The zero-order valence-electron chi connectivity index (χ0n) is 20.7. The average Bonchev–Trinajstić information content (AvgIpc) is 2.85. The average molecular weight is 583 g/mol. The number of aliphatic hydroxyl groups is 1. The third kappa shape index (κ3) is 8.68. The van der Waals surface area contributed by atoms with Gasteiger partial charge >= 0.3 is 0 Å². The van der Waals surface area contributed by atoms with Gasteiger partial charge in [0.2, 0.25) is 5.91 Å². The summed E-state index contributed by atoms with van der Waals surface area (Å²) in [5, 5.41) is 13.3. The number of hydrogen-bond donors (Lipinski definition) is 3. The van der Waals surface area contributed by atoms with E-state index in [0.29, 0.717) is 41.7 Å². The SMILES string of the molecule is C=CCOc1cc(Cl)c(Cl)cc1C(N[S+]([O-])C(C)(C)C)C1CCN(C(=O)C(O)CNC(=O)CCl)CC1. The summed E-state index contributed by atoms with van der Waals surface area (Å²) in [6.45, 7) is 10.1. The van der Waals surface area contributed by atoms with E-state index in [2.05, 4.69) is 16.6 Å². The molecule has 8 nitrogen and oxygen atoms in total. The molecule has 36 heavy (non-hydrogen) atoms. The summed E-state index contributed by atoms with van der Waals surface area (Å²) in [5.41, 5.74) is 0.720. The molecule has 0 aliphatic carbocycles. The maximum atomic E-state index is 13.1. The minimum absolute atomic E-state index is 0.0169. The van der Waals surface area contributed by atoms with Crippen LogP contribution in [0.1, 0.15) is 45.2 Å². The van der Waals surface area contributed by atoms with Crippen molar-refractivity contribution in [1.82, 2.24) is 14.9 Å². The van der Waals surface area contributed by atoms with Gasteiger partial charge in [-0.15, -0.1) is 16.3 Å². The third-order valence-electron chi connectivity index (χ3n) is 5.76. The Labute approximate surface area is 231 Å². The summed E-state index contributed by atoms with van der Waals surface area (Å²) < 4.78 is 21.7. The molecule has 202 valence electrons. The maximum absolute atomic E-state index is 13.1. The van der Waals surface area contributed by atoms with Gasteiger partial charge in [0.1, 0.15) is 29.1 Å². The number of carbonyl (C=O) groups is 2. The number of nitrogens with one attached hydrogen (secondary N) is 2. The quantitative estimate of drug-likeness (QED) is 0.209. The molecule has 3 unspecified atom stereocenters. The Kier molecular flexibility index (Phi) is 12.1. The molecule has 3 N–H and O–H groups in total. The molecule has 1 aliphatic rings. The van der Waals surface area contributed by atoms with Crippen LogP contribution in [0.5, 0.6) is 5.75 Å². The predicted molar refractivity (Wildman–Crippen MR) is 145 cm³/mol. The number of benzene rings is 1. The number of alkyl halides is 1. The number of halogens is 3. The molecule has 1 saturated heterocycles. The van der Waals surface area contributed by atoms with E-state index >= 15 is 0 Å². The van der Waals surface area contributed by atoms with E-state index in [-0.39, 0.29) is 24.9 Å². The fourth-order valence-corrected chi connectivity index (χ4v) is 5.10. The first kappa shape index (κ1) is 31.0. The van der Waals surface area contributed by atoms with Crippen LogP contribution in [0.25, 0.3) is 0 Å². The van der Waals surface area contributed by atoms with Crippen molar-refractivity contribution in [2.75, 3.05) is 32.1 Å². The normalized spacial score (nSPS) is 17.3. The van der Waals surface area contributed by atoms with E-state index in [4.69, 9.17) is 39.5 Å². The standard InChI is InChI=1S/C24H34Cl3N3O5S/c1-5-10-35-20-12-18(27)17(26)11-16(20)22(29-36(34)24(2,3)4)15-6-8-30(9-7-15)23(33)19(31)14-28-21(32)13-25/h5,11-12,15,19,22,29,31H,1,6-10,13-14H2,2-4H3,(H,28,32). The van der Waals surface area contributed by atoms with E-state index in [1.807, 2.05) is 20.8 Å². The molecule has 0 saturated carbocycles. The number of carbonyl (C=O) groups excluding carboxylic acids is 2. The van der Waals surface area contributed by atoms with Crippen molar-refractivity contribution in [3.05, 3.63) is 40.4 Å². The molecule has 1 fully saturated rings. The lowest BCUT2D eigenvalue weighted by molar-refractivity contribution is -0.141. The second kappa shape index (κ2) is 14.1. The second-order valence-corrected chi connectivity index (χ2v) is 12.6. The fraction of sp³-hybridized carbons (Fsp3) is 0.583. The van der Waals surface area contributed by atoms with Gasteiger partial charge < -0.3 is 24.6 Å². The number of aliphatic hydroxyl groups excluding tert-OH is 1. The number of rotatable bonds is 11. The summed E-state index contributed by atoms with van der Waals surface area (Å²) in [5.74, 6) is -0.674. The van der Waals surface area contributed by atoms with Crippen LogP contribution in [0.2, 0.25) is 10.0 Å². The Morgan fingerprint density at radius 3 is 2.47 bits per heavy atom. The minimum atomic E-state index is -1.40. The first-order chi connectivity index (χ1) is 16.9. The molecular formula is C24H34Cl3N3O5S. The number of hydrogen-bond acceptors (Lipinski definition) is 6. The zero-order valence-corrected chi connectivity index (χ0v) is 23.8. The van der Waals surface area contributed by atoms with Crippen LogP contribution in [-0.4, -0.2) is 69.3 Å². The molecule has 0 spiro atoms. The Hall–Kier alpha value is -1.20. The highest BCUT2D eigenvalue weighted by Crippen LogP contribution is 2.41. The van der Waals surface area contributed by atoms with Crippen LogP contribution in [0.3, 0.4) is 0 Å². The van der Waals surface area contributed by atoms with Crippen molar-refractivity contribution < 1.29 is 24.0 Å². The highest BCUT2D eigenvalue weighted by atomic mass is 35.5. The van der Waals surface area contributed by atoms with Crippen molar-refractivity contribution in [2.45, 2.75) is 50.5 Å². The number of piperidine rings is 1. The van der Waals surface area contributed by atoms with Gasteiger partial charge in [-0.1, -0.05) is 35.9 Å². The topological polar surface area (TPSA) is 114 Å². The van der Waals surface area contributed by atoms with Gasteiger partial charge in [0.15, 0.2) is 0 Å². The summed E-state index contributed by atoms with van der Waals surface area (Å²) in [6, 6.07) is 2.97. The summed E-state index contributed by atoms with van der Waals surface area (Å²) in [7, 11) is 0. The first-order valence-corrected chi connectivity index (χ1v) is 14.0.